The molecule has 13 aromatic carbocycles. The van der Waals surface area contributed by atoms with E-state index in [4.69, 9.17) is 0 Å². The molecule has 0 unspecified atom stereocenters. The number of hydrogen-bond donors (Lipinski definition) is 0. The molecule has 4 aliphatic rings. The van der Waals surface area contributed by atoms with E-state index < -0.39 is 0 Å². The minimum atomic E-state index is -0.187. The SMILES string of the molecule is CC1(C)c2ccccc2-c2cc3c(-c4ccc5c6c(cccc46)-c4ccccc4-5)c4ccc(-c5ccc6c7c(cccc57)-c5ccccc5-6)cc4c(-c4ccc5c6c(cccc46)-c4ccccc4-5)c3cc21. The summed E-state index contributed by atoms with van der Waals surface area (Å²) in [6, 6.07) is 83.9. The average molecular weight is 895 g/mol. The van der Waals surface area contributed by atoms with Crippen molar-refractivity contribution < 1.29 is 0 Å². The van der Waals surface area contributed by atoms with E-state index in [0.29, 0.717) is 0 Å². The summed E-state index contributed by atoms with van der Waals surface area (Å²) in [5, 5.41) is 13.1. The van der Waals surface area contributed by atoms with Gasteiger partial charge >= 0.3 is 0 Å². The normalized spacial score (nSPS) is 13.6. The fourth-order valence-electron chi connectivity index (χ4n) is 14.3. The monoisotopic (exact) mass is 894 g/mol. The molecule has 0 atom stereocenters. The van der Waals surface area contributed by atoms with Crippen LogP contribution in [0.3, 0.4) is 0 Å². The maximum atomic E-state index is 2.61. The van der Waals surface area contributed by atoms with Crippen LogP contribution in [0, 0.1) is 0 Å². The first kappa shape index (κ1) is 38.1. The Labute approximate surface area is 411 Å². The predicted molar refractivity (Wildman–Crippen MR) is 301 cm³/mol. The molecule has 13 aromatic rings. The third-order valence-electron chi connectivity index (χ3n) is 17.3. The van der Waals surface area contributed by atoms with Crippen molar-refractivity contribution in [3.8, 4) is 111 Å². The lowest BCUT2D eigenvalue weighted by atomic mass is 9.78. The second kappa shape index (κ2) is 13.3. The Morgan fingerprint density at radius 2 is 0.577 bits per heavy atom. The Kier molecular flexibility index (Phi) is 7.11. The van der Waals surface area contributed by atoms with Crippen molar-refractivity contribution in [3.05, 3.63) is 230 Å². The Balaban J connectivity index is 1.05. The van der Waals surface area contributed by atoms with E-state index in [0.717, 1.165) is 0 Å². The molecule has 0 aromatic heterocycles. The maximum absolute atomic E-state index is 2.61. The lowest BCUT2D eigenvalue weighted by molar-refractivity contribution is 0.661. The third-order valence-corrected chi connectivity index (χ3v) is 17.3. The van der Waals surface area contributed by atoms with Gasteiger partial charge in [-0.25, -0.2) is 0 Å². The van der Waals surface area contributed by atoms with Crippen LogP contribution in [0.1, 0.15) is 25.0 Å². The fourth-order valence-corrected chi connectivity index (χ4v) is 14.3. The number of fused-ring (bicyclic) bond motifs is 14. The zero-order valence-corrected chi connectivity index (χ0v) is 39.3. The molecule has 0 saturated heterocycles. The van der Waals surface area contributed by atoms with Crippen molar-refractivity contribution in [1.82, 2.24) is 0 Å². The standard InChI is InChI=1S/C71H42/c1-71(2)64-27-10-9-20-47(64)60-37-62-63(38-65(60)71)70(58-35-33-56-46-19-8-5-16-43(46)51-24-13-26-53(58)68(51)56)61-36-39(40-30-31-54-44-17-6-3-14-41(44)49-22-11-21-48(40)66(49)54)28-29-59(61)69(62)57-34-32-55-45-18-7-4-15-42(45)50-23-12-25-52(57)67(50)55/h3-38H,1-2H3. The van der Waals surface area contributed by atoms with E-state index in [1.54, 1.807) is 0 Å². The zero-order valence-electron chi connectivity index (χ0n) is 39.3. The summed E-state index contributed by atoms with van der Waals surface area (Å²) in [5.41, 5.74) is 28.7. The second-order valence-electron chi connectivity index (χ2n) is 20.9. The molecular formula is C71H42. The molecule has 0 nitrogen and oxygen atoms in total. The van der Waals surface area contributed by atoms with Crippen LogP contribution in [0.25, 0.3) is 165 Å². The van der Waals surface area contributed by atoms with Gasteiger partial charge in [-0.05, 0) is 194 Å². The van der Waals surface area contributed by atoms with Crippen LogP contribution in [0.4, 0.5) is 0 Å². The van der Waals surface area contributed by atoms with E-state index in [9.17, 15) is 0 Å². The molecule has 17 rings (SSSR count). The minimum absolute atomic E-state index is 0.187. The fraction of sp³-hybridized carbons (Fsp3) is 0.0423. The van der Waals surface area contributed by atoms with E-state index in [1.807, 2.05) is 0 Å². The average Bonchev–Trinajstić information content (AvgIpc) is 4.11. The quantitative estimate of drug-likeness (QED) is 0.155. The molecule has 0 saturated carbocycles. The van der Waals surface area contributed by atoms with Crippen LogP contribution in [0.2, 0.25) is 0 Å². The van der Waals surface area contributed by atoms with Crippen LogP contribution >= 0.6 is 0 Å². The summed E-state index contributed by atoms with van der Waals surface area (Å²) in [7, 11) is 0. The Hall–Kier alpha value is -8.84. The minimum Gasteiger partial charge on any atom is -0.0619 e. The van der Waals surface area contributed by atoms with Crippen molar-refractivity contribution in [3.63, 3.8) is 0 Å². The van der Waals surface area contributed by atoms with Gasteiger partial charge in [0.1, 0.15) is 0 Å². The van der Waals surface area contributed by atoms with Crippen LogP contribution < -0.4 is 0 Å². The Bertz CT molecular complexity index is 4560. The molecule has 0 bridgehead atoms. The zero-order chi connectivity index (χ0) is 46.4. The van der Waals surface area contributed by atoms with Gasteiger partial charge in [0, 0.05) is 5.41 Å². The van der Waals surface area contributed by atoms with Crippen LogP contribution in [-0.4, -0.2) is 0 Å². The molecule has 0 heterocycles. The summed E-state index contributed by atoms with van der Waals surface area (Å²) in [4.78, 5) is 0. The van der Waals surface area contributed by atoms with Crippen molar-refractivity contribution in [2.75, 3.05) is 0 Å². The van der Waals surface area contributed by atoms with E-state index in [2.05, 4.69) is 232 Å². The van der Waals surface area contributed by atoms with Gasteiger partial charge in [0.05, 0.1) is 0 Å². The summed E-state index contributed by atoms with van der Waals surface area (Å²) >= 11 is 0. The van der Waals surface area contributed by atoms with E-state index >= 15 is 0 Å². The number of rotatable bonds is 3. The largest absolute Gasteiger partial charge is 0.0619 e. The predicted octanol–water partition coefficient (Wildman–Crippen LogP) is 19.7. The van der Waals surface area contributed by atoms with Crippen molar-refractivity contribution in [2.45, 2.75) is 19.3 Å². The Morgan fingerprint density at radius 1 is 0.211 bits per heavy atom. The first-order valence-corrected chi connectivity index (χ1v) is 25.2. The number of hydrogen-bond acceptors (Lipinski definition) is 0. The molecule has 71 heavy (non-hydrogen) atoms. The molecule has 0 spiro atoms. The molecule has 0 amide bonds. The van der Waals surface area contributed by atoms with Gasteiger partial charge in [-0.15, -0.1) is 0 Å². The van der Waals surface area contributed by atoms with E-state index in [-0.39, 0.29) is 5.41 Å². The molecule has 0 N–H and O–H groups in total. The molecule has 0 fully saturated rings. The summed E-state index contributed by atoms with van der Waals surface area (Å²) in [6.45, 7) is 4.85. The number of benzene rings is 13. The molecular weight excluding hydrogens is 853 g/mol. The van der Waals surface area contributed by atoms with Gasteiger partial charge in [-0.1, -0.05) is 214 Å². The van der Waals surface area contributed by atoms with Gasteiger partial charge in [-0.3, -0.25) is 0 Å². The van der Waals surface area contributed by atoms with Gasteiger partial charge in [-0.2, -0.15) is 0 Å². The highest BCUT2D eigenvalue weighted by molar-refractivity contribution is 6.30. The topological polar surface area (TPSA) is 0 Å². The molecule has 4 aliphatic carbocycles. The molecule has 0 heteroatoms. The van der Waals surface area contributed by atoms with Crippen molar-refractivity contribution in [2.24, 2.45) is 0 Å². The lowest BCUT2D eigenvalue weighted by Crippen LogP contribution is -2.14. The second-order valence-corrected chi connectivity index (χ2v) is 20.9. The van der Waals surface area contributed by atoms with Crippen LogP contribution in [0.5, 0.6) is 0 Å². The van der Waals surface area contributed by atoms with E-state index in [1.165, 1.54) is 176 Å². The lowest BCUT2D eigenvalue weighted by Gasteiger charge is -2.25. The van der Waals surface area contributed by atoms with Crippen molar-refractivity contribution >= 4 is 53.9 Å². The highest BCUT2D eigenvalue weighted by Gasteiger charge is 2.37. The van der Waals surface area contributed by atoms with Gasteiger partial charge in [0.25, 0.3) is 0 Å². The maximum Gasteiger partial charge on any atom is 0.0159 e. The van der Waals surface area contributed by atoms with Gasteiger partial charge < -0.3 is 0 Å². The first-order valence-electron chi connectivity index (χ1n) is 25.2. The molecule has 0 aliphatic heterocycles. The van der Waals surface area contributed by atoms with Gasteiger partial charge in [0.15, 0.2) is 0 Å². The third kappa shape index (κ3) is 4.71. The highest BCUT2D eigenvalue weighted by Crippen LogP contribution is 2.58. The molecule has 326 valence electrons. The Morgan fingerprint density at radius 3 is 1.08 bits per heavy atom. The first-order chi connectivity index (χ1) is 35.0. The highest BCUT2D eigenvalue weighted by atomic mass is 14.4. The van der Waals surface area contributed by atoms with Crippen molar-refractivity contribution in [1.29, 1.82) is 0 Å². The van der Waals surface area contributed by atoms with Crippen LogP contribution in [-0.2, 0) is 5.41 Å². The summed E-state index contributed by atoms with van der Waals surface area (Å²) < 4.78 is 0. The summed E-state index contributed by atoms with van der Waals surface area (Å²) in [5.74, 6) is 0. The summed E-state index contributed by atoms with van der Waals surface area (Å²) in [6.07, 6.45) is 0. The van der Waals surface area contributed by atoms with Crippen LogP contribution in [0.15, 0.2) is 218 Å². The molecule has 0 radical (unpaired) electrons. The smallest absolute Gasteiger partial charge is 0.0159 e. The van der Waals surface area contributed by atoms with Gasteiger partial charge in [0.2, 0.25) is 0 Å².